The maximum Gasteiger partial charge on any atom is 0.150 e. The van der Waals surface area contributed by atoms with Crippen molar-refractivity contribution in [3.05, 3.63) is 21.3 Å². The summed E-state index contributed by atoms with van der Waals surface area (Å²) in [5, 5.41) is 9.85. The van der Waals surface area contributed by atoms with Crippen LogP contribution in [0.1, 0.15) is 13.3 Å². The zero-order chi connectivity index (χ0) is 12.1. The molecule has 6 heteroatoms. The summed E-state index contributed by atoms with van der Waals surface area (Å²) in [6, 6.07) is 1.58. The van der Waals surface area contributed by atoms with Crippen molar-refractivity contribution in [3.63, 3.8) is 0 Å². The Balaban J connectivity index is 2.95. The fourth-order valence-electron chi connectivity index (χ4n) is 1.33. The van der Waals surface area contributed by atoms with E-state index >= 15 is 0 Å². The second-order valence-corrected chi connectivity index (χ2v) is 4.40. The van der Waals surface area contributed by atoms with E-state index in [4.69, 9.17) is 39.9 Å². The molecule has 3 nitrogen and oxygen atoms in total. The Morgan fingerprint density at radius 3 is 2.56 bits per heavy atom. The zero-order valence-electron chi connectivity index (χ0n) is 8.88. The zero-order valence-corrected chi connectivity index (χ0v) is 11.1. The van der Waals surface area contributed by atoms with Gasteiger partial charge < -0.3 is 10.0 Å². The van der Waals surface area contributed by atoms with Gasteiger partial charge in [0.05, 0.1) is 10.0 Å². The molecule has 0 radical (unpaired) electrons. The quantitative estimate of drug-likeness (QED) is 0.843. The molecule has 1 aromatic heterocycles. The topological polar surface area (TPSA) is 36.4 Å². The second kappa shape index (κ2) is 6.50. The Kier molecular flexibility index (Phi) is 5.62. The van der Waals surface area contributed by atoms with Crippen molar-refractivity contribution in [1.29, 1.82) is 0 Å². The van der Waals surface area contributed by atoms with E-state index in [0.29, 0.717) is 28.8 Å². The Hall–Kier alpha value is -0.220. The molecule has 0 saturated carbocycles. The number of pyridine rings is 1. The SMILES string of the molecule is CCN(CCCO)c1nc(Cl)c(Cl)cc1Cl. The fraction of sp³-hybridized carbons (Fsp3) is 0.500. The third kappa shape index (κ3) is 3.39. The minimum absolute atomic E-state index is 0.134. The minimum atomic E-state index is 0.134. The number of hydrogen-bond donors (Lipinski definition) is 1. The van der Waals surface area contributed by atoms with Crippen LogP contribution in [0.5, 0.6) is 0 Å². The number of halogens is 3. The molecule has 0 spiro atoms. The highest BCUT2D eigenvalue weighted by molar-refractivity contribution is 6.42. The van der Waals surface area contributed by atoms with Gasteiger partial charge in [-0.3, -0.25) is 0 Å². The van der Waals surface area contributed by atoms with Gasteiger partial charge in [-0.1, -0.05) is 34.8 Å². The van der Waals surface area contributed by atoms with E-state index in [-0.39, 0.29) is 11.8 Å². The molecule has 1 heterocycles. The van der Waals surface area contributed by atoms with Crippen LogP contribution in [-0.4, -0.2) is 29.8 Å². The predicted molar refractivity (Wildman–Crippen MR) is 68.9 cm³/mol. The van der Waals surface area contributed by atoms with Crippen LogP contribution < -0.4 is 4.90 Å². The van der Waals surface area contributed by atoms with Crippen LogP contribution >= 0.6 is 34.8 Å². The highest BCUT2D eigenvalue weighted by Gasteiger charge is 2.13. The van der Waals surface area contributed by atoms with Crippen molar-refractivity contribution in [2.75, 3.05) is 24.6 Å². The molecule has 1 rings (SSSR count). The van der Waals surface area contributed by atoms with Gasteiger partial charge in [-0.15, -0.1) is 0 Å². The molecule has 1 N–H and O–H groups in total. The number of aliphatic hydroxyl groups excluding tert-OH is 1. The Labute approximate surface area is 110 Å². The summed E-state index contributed by atoms with van der Waals surface area (Å²) in [6.45, 7) is 3.54. The van der Waals surface area contributed by atoms with Crippen LogP contribution in [0.15, 0.2) is 6.07 Å². The number of aliphatic hydroxyl groups is 1. The largest absolute Gasteiger partial charge is 0.396 e. The molecular weight excluding hydrogens is 270 g/mol. The van der Waals surface area contributed by atoms with Crippen molar-refractivity contribution < 1.29 is 5.11 Å². The smallest absolute Gasteiger partial charge is 0.150 e. The lowest BCUT2D eigenvalue weighted by atomic mass is 10.3. The maximum atomic E-state index is 8.80. The molecule has 90 valence electrons. The molecule has 0 aliphatic heterocycles. The Morgan fingerprint density at radius 2 is 2.00 bits per heavy atom. The number of nitrogens with zero attached hydrogens (tertiary/aromatic N) is 2. The van der Waals surface area contributed by atoms with Crippen molar-refractivity contribution in [2.24, 2.45) is 0 Å². The van der Waals surface area contributed by atoms with Crippen molar-refractivity contribution in [1.82, 2.24) is 4.98 Å². The van der Waals surface area contributed by atoms with E-state index < -0.39 is 0 Å². The summed E-state index contributed by atoms with van der Waals surface area (Å²) in [6.07, 6.45) is 0.659. The van der Waals surface area contributed by atoms with E-state index in [2.05, 4.69) is 4.98 Å². The normalized spacial score (nSPS) is 10.6. The number of anilines is 1. The molecule has 1 aromatic rings. The van der Waals surface area contributed by atoms with Gasteiger partial charge in [-0.05, 0) is 19.4 Å². The van der Waals surface area contributed by atoms with Gasteiger partial charge in [0.15, 0.2) is 0 Å². The van der Waals surface area contributed by atoms with Gasteiger partial charge in [0.2, 0.25) is 0 Å². The number of aromatic nitrogens is 1. The highest BCUT2D eigenvalue weighted by Crippen LogP contribution is 2.31. The monoisotopic (exact) mass is 282 g/mol. The molecule has 0 aliphatic carbocycles. The summed E-state index contributed by atoms with van der Waals surface area (Å²) in [5.41, 5.74) is 0. The number of hydrogen-bond acceptors (Lipinski definition) is 3. The van der Waals surface area contributed by atoms with Gasteiger partial charge in [0.1, 0.15) is 11.0 Å². The average Bonchev–Trinajstić information content (AvgIpc) is 2.26. The molecule has 0 aromatic carbocycles. The summed E-state index contributed by atoms with van der Waals surface area (Å²) < 4.78 is 0. The van der Waals surface area contributed by atoms with Gasteiger partial charge >= 0.3 is 0 Å². The fourth-order valence-corrected chi connectivity index (χ4v) is 1.94. The van der Waals surface area contributed by atoms with Gasteiger partial charge in [-0.25, -0.2) is 4.98 Å². The lowest BCUT2D eigenvalue weighted by Gasteiger charge is -2.22. The van der Waals surface area contributed by atoms with Gasteiger partial charge in [0, 0.05) is 19.7 Å². The van der Waals surface area contributed by atoms with Crippen molar-refractivity contribution >= 4 is 40.6 Å². The molecule has 0 fully saturated rings. The summed E-state index contributed by atoms with van der Waals surface area (Å²) in [7, 11) is 0. The molecule has 0 saturated heterocycles. The lowest BCUT2D eigenvalue weighted by molar-refractivity contribution is 0.289. The highest BCUT2D eigenvalue weighted by atomic mass is 35.5. The van der Waals surface area contributed by atoms with Crippen LogP contribution in [-0.2, 0) is 0 Å². The van der Waals surface area contributed by atoms with Crippen LogP contribution in [0.3, 0.4) is 0 Å². The first-order valence-electron chi connectivity index (χ1n) is 4.97. The van der Waals surface area contributed by atoms with Crippen LogP contribution in [0.4, 0.5) is 5.82 Å². The molecule has 0 atom stereocenters. The third-order valence-electron chi connectivity index (χ3n) is 2.14. The Morgan fingerprint density at radius 1 is 1.31 bits per heavy atom. The molecule has 0 aliphatic rings. The van der Waals surface area contributed by atoms with E-state index in [1.165, 1.54) is 0 Å². The average molecular weight is 284 g/mol. The molecule has 0 amide bonds. The summed E-state index contributed by atoms with van der Waals surface area (Å²) in [4.78, 5) is 6.09. The summed E-state index contributed by atoms with van der Waals surface area (Å²) >= 11 is 17.7. The molecule has 16 heavy (non-hydrogen) atoms. The van der Waals surface area contributed by atoms with Gasteiger partial charge in [0.25, 0.3) is 0 Å². The lowest BCUT2D eigenvalue weighted by Crippen LogP contribution is -2.26. The Bertz CT molecular complexity index is 360. The van der Waals surface area contributed by atoms with Crippen LogP contribution in [0.2, 0.25) is 15.2 Å². The standard InChI is InChI=1S/C10H13Cl3N2O/c1-2-15(4-3-5-16)10-8(12)6-7(11)9(13)14-10/h6,16H,2-5H2,1H3. The first kappa shape index (κ1) is 13.8. The van der Waals surface area contributed by atoms with Crippen LogP contribution in [0, 0.1) is 0 Å². The molecule has 0 unspecified atom stereocenters. The molecular formula is C10H13Cl3N2O. The first-order chi connectivity index (χ1) is 7.60. The van der Waals surface area contributed by atoms with Crippen molar-refractivity contribution in [3.8, 4) is 0 Å². The molecule has 0 bridgehead atoms. The minimum Gasteiger partial charge on any atom is -0.396 e. The second-order valence-electron chi connectivity index (χ2n) is 3.22. The predicted octanol–water partition coefficient (Wildman–Crippen LogP) is 3.25. The van der Waals surface area contributed by atoms with E-state index in [1.807, 2.05) is 11.8 Å². The van der Waals surface area contributed by atoms with Crippen molar-refractivity contribution in [2.45, 2.75) is 13.3 Å². The summed E-state index contributed by atoms with van der Waals surface area (Å²) in [5.74, 6) is 0.604. The van der Waals surface area contributed by atoms with E-state index in [1.54, 1.807) is 6.07 Å². The van der Waals surface area contributed by atoms with Crippen LogP contribution in [0.25, 0.3) is 0 Å². The maximum absolute atomic E-state index is 8.80. The number of rotatable bonds is 5. The van der Waals surface area contributed by atoms with E-state index in [9.17, 15) is 0 Å². The third-order valence-corrected chi connectivity index (χ3v) is 3.09. The first-order valence-corrected chi connectivity index (χ1v) is 6.10. The van der Waals surface area contributed by atoms with Gasteiger partial charge in [-0.2, -0.15) is 0 Å². The van der Waals surface area contributed by atoms with E-state index in [0.717, 1.165) is 6.54 Å².